The Hall–Kier alpha value is -1.79. The van der Waals surface area contributed by atoms with Crippen LogP contribution in [0.15, 0.2) is 12.3 Å². The molecule has 0 bridgehead atoms. The van der Waals surface area contributed by atoms with Gasteiger partial charge in [-0.3, -0.25) is 0 Å². The standard InChI is InChI=1S/C13H15F3N4/c14-13(15,16)10-6-11(17)19-12-9(7-18-20(10)12)8-4-2-1-3-5-8/h6-8H,1-5H2,(H2,17,19). The minimum atomic E-state index is -4.49. The van der Waals surface area contributed by atoms with Crippen molar-refractivity contribution >= 4 is 11.5 Å². The average molecular weight is 284 g/mol. The van der Waals surface area contributed by atoms with E-state index in [9.17, 15) is 13.2 Å². The Labute approximate surface area is 113 Å². The van der Waals surface area contributed by atoms with Gasteiger partial charge in [0, 0.05) is 11.6 Å². The molecule has 0 amide bonds. The highest BCUT2D eigenvalue weighted by atomic mass is 19.4. The zero-order valence-electron chi connectivity index (χ0n) is 10.8. The Morgan fingerprint density at radius 1 is 1.20 bits per heavy atom. The summed E-state index contributed by atoms with van der Waals surface area (Å²) in [5.41, 5.74) is 5.67. The summed E-state index contributed by atoms with van der Waals surface area (Å²) in [6, 6.07) is 0.824. The molecule has 2 heterocycles. The smallest absolute Gasteiger partial charge is 0.384 e. The fourth-order valence-electron chi connectivity index (χ4n) is 2.90. The van der Waals surface area contributed by atoms with Crippen LogP contribution in [0, 0.1) is 0 Å². The van der Waals surface area contributed by atoms with E-state index in [-0.39, 0.29) is 17.4 Å². The van der Waals surface area contributed by atoms with Gasteiger partial charge in [0.25, 0.3) is 0 Å². The molecule has 1 aliphatic carbocycles. The fraction of sp³-hybridized carbons (Fsp3) is 0.538. The van der Waals surface area contributed by atoms with Crippen LogP contribution in [0.3, 0.4) is 0 Å². The molecule has 0 radical (unpaired) electrons. The number of fused-ring (bicyclic) bond motifs is 1. The van der Waals surface area contributed by atoms with E-state index in [0.29, 0.717) is 0 Å². The third-order valence-corrected chi connectivity index (χ3v) is 3.85. The largest absolute Gasteiger partial charge is 0.433 e. The summed E-state index contributed by atoms with van der Waals surface area (Å²) in [6.45, 7) is 0. The van der Waals surface area contributed by atoms with E-state index >= 15 is 0 Å². The second kappa shape index (κ2) is 4.64. The van der Waals surface area contributed by atoms with Crippen molar-refractivity contribution in [2.75, 3.05) is 5.73 Å². The first-order chi connectivity index (χ1) is 9.47. The first-order valence-corrected chi connectivity index (χ1v) is 6.68. The predicted octanol–water partition coefficient (Wildman–Crippen LogP) is 3.38. The van der Waals surface area contributed by atoms with Crippen molar-refractivity contribution in [2.45, 2.75) is 44.2 Å². The Morgan fingerprint density at radius 3 is 2.55 bits per heavy atom. The number of nitrogens with two attached hydrogens (primary N) is 1. The molecule has 0 atom stereocenters. The number of alkyl halides is 3. The third kappa shape index (κ3) is 2.21. The number of nitrogens with zero attached hydrogens (tertiary/aromatic N) is 3. The molecule has 2 N–H and O–H groups in total. The van der Waals surface area contributed by atoms with Crippen LogP contribution in [0.5, 0.6) is 0 Å². The molecule has 2 aromatic rings. The van der Waals surface area contributed by atoms with Crippen LogP contribution in [0.4, 0.5) is 19.0 Å². The van der Waals surface area contributed by atoms with Crippen LogP contribution < -0.4 is 5.73 Å². The lowest BCUT2D eigenvalue weighted by Crippen LogP contribution is -2.14. The van der Waals surface area contributed by atoms with Crippen LogP contribution in [-0.2, 0) is 6.18 Å². The molecule has 4 nitrogen and oxygen atoms in total. The van der Waals surface area contributed by atoms with Gasteiger partial charge in [-0.25, -0.2) is 9.50 Å². The van der Waals surface area contributed by atoms with E-state index in [1.54, 1.807) is 0 Å². The number of halogens is 3. The number of nitrogen functional groups attached to an aromatic ring is 1. The molecule has 0 unspecified atom stereocenters. The van der Waals surface area contributed by atoms with Crippen molar-refractivity contribution in [2.24, 2.45) is 0 Å². The molecule has 3 rings (SSSR count). The fourth-order valence-corrected chi connectivity index (χ4v) is 2.90. The number of hydrogen-bond acceptors (Lipinski definition) is 3. The van der Waals surface area contributed by atoms with Crippen molar-refractivity contribution in [3.05, 3.63) is 23.5 Å². The summed E-state index contributed by atoms with van der Waals surface area (Å²) in [6.07, 6.45) is 2.32. The number of rotatable bonds is 1. The highest BCUT2D eigenvalue weighted by Crippen LogP contribution is 2.36. The second-order valence-electron chi connectivity index (χ2n) is 5.23. The average Bonchev–Trinajstić information content (AvgIpc) is 2.81. The van der Waals surface area contributed by atoms with Gasteiger partial charge in [-0.15, -0.1) is 0 Å². The van der Waals surface area contributed by atoms with E-state index in [1.807, 2.05) is 0 Å². The van der Waals surface area contributed by atoms with Crippen LogP contribution in [0.1, 0.15) is 49.3 Å². The lowest BCUT2D eigenvalue weighted by Gasteiger charge is -2.20. The van der Waals surface area contributed by atoms with Gasteiger partial charge in [0.15, 0.2) is 11.3 Å². The molecule has 2 aromatic heterocycles. The number of hydrogen-bond donors (Lipinski definition) is 1. The van der Waals surface area contributed by atoms with Crippen molar-refractivity contribution < 1.29 is 13.2 Å². The maximum Gasteiger partial charge on any atom is 0.433 e. The van der Waals surface area contributed by atoms with Crippen LogP contribution in [0.25, 0.3) is 5.65 Å². The summed E-state index contributed by atoms with van der Waals surface area (Å²) >= 11 is 0. The van der Waals surface area contributed by atoms with E-state index < -0.39 is 11.9 Å². The van der Waals surface area contributed by atoms with Gasteiger partial charge in [-0.1, -0.05) is 19.3 Å². The predicted molar refractivity (Wildman–Crippen MR) is 68.2 cm³/mol. The van der Waals surface area contributed by atoms with Gasteiger partial charge in [-0.2, -0.15) is 18.3 Å². The first kappa shape index (κ1) is 13.2. The van der Waals surface area contributed by atoms with Gasteiger partial charge in [0.05, 0.1) is 6.20 Å². The summed E-state index contributed by atoms with van der Waals surface area (Å²) in [7, 11) is 0. The maximum atomic E-state index is 13.0. The maximum absolute atomic E-state index is 13.0. The molecular weight excluding hydrogens is 269 g/mol. The Kier molecular flexibility index (Phi) is 3.07. The van der Waals surface area contributed by atoms with Crippen molar-refractivity contribution in [3.63, 3.8) is 0 Å². The molecule has 7 heteroatoms. The van der Waals surface area contributed by atoms with Crippen LogP contribution in [0.2, 0.25) is 0 Å². The monoisotopic (exact) mass is 284 g/mol. The minimum absolute atomic E-state index is 0.123. The Bertz CT molecular complexity index is 626. The Balaban J connectivity index is 2.14. The molecule has 1 aliphatic rings. The highest BCUT2D eigenvalue weighted by Gasteiger charge is 2.35. The lowest BCUT2D eigenvalue weighted by atomic mass is 9.85. The van der Waals surface area contributed by atoms with Gasteiger partial charge < -0.3 is 5.73 Å². The van der Waals surface area contributed by atoms with Crippen LogP contribution in [-0.4, -0.2) is 14.6 Å². The van der Waals surface area contributed by atoms with Crippen molar-refractivity contribution in [1.29, 1.82) is 0 Å². The zero-order chi connectivity index (χ0) is 14.3. The van der Waals surface area contributed by atoms with Gasteiger partial charge in [-0.05, 0) is 18.8 Å². The van der Waals surface area contributed by atoms with Crippen LogP contribution >= 0.6 is 0 Å². The van der Waals surface area contributed by atoms with Crippen molar-refractivity contribution in [3.8, 4) is 0 Å². The summed E-state index contributed by atoms with van der Waals surface area (Å²) < 4.78 is 39.9. The minimum Gasteiger partial charge on any atom is -0.384 e. The summed E-state index contributed by atoms with van der Waals surface area (Å²) in [5, 5.41) is 3.88. The molecule has 1 saturated carbocycles. The quantitative estimate of drug-likeness (QED) is 0.873. The zero-order valence-corrected chi connectivity index (χ0v) is 10.8. The number of anilines is 1. The second-order valence-corrected chi connectivity index (χ2v) is 5.23. The molecule has 108 valence electrons. The summed E-state index contributed by atoms with van der Waals surface area (Å²) in [5.74, 6) is 0.110. The molecular formula is C13H15F3N4. The van der Waals surface area contributed by atoms with Gasteiger partial charge in [0.2, 0.25) is 0 Å². The first-order valence-electron chi connectivity index (χ1n) is 6.68. The van der Waals surface area contributed by atoms with Gasteiger partial charge >= 0.3 is 6.18 Å². The third-order valence-electron chi connectivity index (χ3n) is 3.85. The van der Waals surface area contributed by atoms with Crippen molar-refractivity contribution in [1.82, 2.24) is 14.6 Å². The topological polar surface area (TPSA) is 56.2 Å². The molecule has 20 heavy (non-hydrogen) atoms. The SMILES string of the molecule is Nc1cc(C(F)(F)F)n2ncc(C3CCCCC3)c2n1. The molecule has 0 aromatic carbocycles. The van der Waals surface area contributed by atoms with E-state index in [1.165, 1.54) is 12.6 Å². The van der Waals surface area contributed by atoms with E-state index in [0.717, 1.165) is 41.8 Å². The molecule has 0 aliphatic heterocycles. The lowest BCUT2D eigenvalue weighted by molar-refractivity contribution is -0.142. The summed E-state index contributed by atoms with van der Waals surface area (Å²) in [4.78, 5) is 4.06. The number of aromatic nitrogens is 3. The highest BCUT2D eigenvalue weighted by molar-refractivity contribution is 5.54. The van der Waals surface area contributed by atoms with Gasteiger partial charge in [0.1, 0.15) is 5.82 Å². The Morgan fingerprint density at radius 2 is 1.90 bits per heavy atom. The molecule has 0 spiro atoms. The molecule has 0 saturated heterocycles. The molecule has 1 fully saturated rings. The van der Waals surface area contributed by atoms with E-state index in [2.05, 4.69) is 10.1 Å². The van der Waals surface area contributed by atoms with E-state index in [4.69, 9.17) is 5.73 Å². The normalized spacial score (nSPS) is 17.8.